The Morgan fingerprint density at radius 1 is 0.923 bits per heavy atom. The molecule has 1 heterocycles. The summed E-state index contributed by atoms with van der Waals surface area (Å²) < 4.78 is 86.4. The van der Waals surface area contributed by atoms with Gasteiger partial charge in [-0.2, -0.15) is 0 Å². The van der Waals surface area contributed by atoms with Gasteiger partial charge in [0, 0.05) is 18.7 Å². The van der Waals surface area contributed by atoms with E-state index in [-0.39, 0.29) is 11.4 Å². The van der Waals surface area contributed by atoms with Crippen LogP contribution in [-0.2, 0) is 4.79 Å². The first kappa shape index (κ1) is 19.5. The van der Waals surface area contributed by atoms with E-state index in [9.17, 15) is 31.1 Å². The summed E-state index contributed by atoms with van der Waals surface area (Å²) in [7, 11) is 1.30. The molecule has 1 aliphatic heterocycles. The van der Waals surface area contributed by atoms with E-state index in [1.54, 1.807) is 45.2 Å². The molecule has 0 unspecified atom stereocenters. The van der Waals surface area contributed by atoms with E-state index in [4.69, 9.17) is 4.74 Å². The molecular weight excluding hydrogens is 594 g/mol. The predicted octanol–water partition coefficient (Wildman–Crippen LogP) is 5.07. The van der Waals surface area contributed by atoms with Gasteiger partial charge in [-0.15, -0.1) is 0 Å². The maximum absolute atomic E-state index is 14.4. The lowest BCUT2D eigenvalue weighted by molar-refractivity contribution is -0.122. The average Bonchev–Trinajstić information content (AvgIpc) is 2.57. The quantitative estimate of drug-likeness (QED) is 0.151. The fourth-order valence-corrected chi connectivity index (χ4v) is 3.60. The lowest BCUT2D eigenvalue weighted by Crippen LogP contribution is -2.46. The molecule has 0 aliphatic carbocycles. The lowest BCUT2D eigenvalue weighted by Gasteiger charge is -2.34. The number of halogens is 8. The number of fused-ring (bicyclic) bond motifs is 1. The molecule has 0 fully saturated rings. The molecule has 2 aromatic carbocycles. The van der Waals surface area contributed by atoms with Gasteiger partial charge < -0.3 is 9.64 Å². The van der Waals surface area contributed by atoms with Gasteiger partial charge >= 0.3 is 0 Å². The van der Waals surface area contributed by atoms with Crippen LogP contribution in [0, 0.1) is 34.9 Å². The molecule has 0 spiro atoms. The highest BCUT2D eigenvalue weighted by Gasteiger charge is 2.43. The first-order valence-electron chi connectivity index (χ1n) is 6.67. The van der Waals surface area contributed by atoms with Crippen molar-refractivity contribution in [2.75, 3.05) is 11.9 Å². The van der Waals surface area contributed by atoms with E-state index in [0.717, 1.165) is 17.0 Å². The van der Waals surface area contributed by atoms with E-state index in [1.165, 1.54) is 7.05 Å². The molecule has 0 saturated heterocycles. The predicted molar refractivity (Wildman–Crippen MR) is 96.4 cm³/mol. The van der Waals surface area contributed by atoms with Crippen molar-refractivity contribution in [3.8, 4) is 16.9 Å². The summed E-state index contributed by atoms with van der Waals surface area (Å²) in [6, 6.07) is 1.51. The highest BCUT2D eigenvalue weighted by molar-refractivity contribution is 14.2. The van der Waals surface area contributed by atoms with Crippen molar-refractivity contribution < 1.29 is 35.9 Å². The highest BCUT2D eigenvalue weighted by Crippen LogP contribution is 2.46. The Labute approximate surface area is 169 Å². The van der Waals surface area contributed by atoms with Gasteiger partial charge in [-0.3, -0.25) is 4.79 Å². The fourth-order valence-electron chi connectivity index (χ4n) is 2.41. The van der Waals surface area contributed by atoms with Crippen molar-refractivity contribution in [3.63, 3.8) is 0 Å². The second-order valence-corrected chi connectivity index (χ2v) is 10.3. The fraction of sp³-hybridized carbons (Fsp3) is 0.133. The normalized spacial score (nSPS) is 15.7. The van der Waals surface area contributed by atoms with Gasteiger partial charge in [-0.1, -0.05) is 0 Å². The summed E-state index contributed by atoms with van der Waals surface area (Å²) in [5, 5.41) is 0. The van der Waals surface area contributed by atoms with Gasteiger partial charge in [-0.05, 0) is 51.2 Å². The number of carbonyl (C=O) groups excluding carboxylic acids is 1. The molecule has 0 atom stereocenters. The van der Waals surface area contributed by atoms with Crippen molar-refractivity contribution in [3.05, 3.63) is 47.0 Å². The van der Waals surface area contributed by atoms with Gasteiger partial charge in [0.2, 0.25) is 5.82 Å². The summed E-state index contributed by atoms with van der Waals surface area (Å²) in [6.45, 7) is 0. The van der Waals surface area contributed by atoms with Gasteiger partial charge in [0.05, 0.1) is 11.3 Å². The maximum atomic E-state index is 14.4. The summed E-state index contributed by atoms with van der Waals surface area (Å²) in [5.41, 5.74) is -2.41. The van der Waals surface area contributed by atoms with E-state index in [1.807, 2.05) is 0 Å². The third-order valence-corrected chi connectivity index (χ3v) is 5.04. The van der Waals surface area contributed by atoms with Crippen LogP contribution in [0.4, 0.5) is 32.0 Å². The number of nitrogens with zero attached hydrogens (tertiary/aromatic N) is 1. The van der Waals surface area contributed by atoms with Crippen LogP contribution in [0.25, 0.3) is 11.1 Å². The smallest absolute Gasteiger partial charge is 0.291 e. The SMILES string of the molecule is CN1C(=O)C(I)(I)Oc2cc(F)c(-c3c(F)c(F)c(F)c(F)c3F)cc21. The van der Waals surface area contributed by atoms with Crippen LogP contribution in [0.2, 0.25) is 0 Å². The van der Waals surface area contributed by atoms with Crippen LogP contribution in [0.3, 0.4) is 0 Å². The zero-order chi connectivity index (χ0) is 19.5. The number of alkyl halides is 2. The number of benzene rings is 2. The molecule has 1 amide bonds. The topological polar surface area (TPSA) is 29.5 Å². The number of hydrogen-bond donors (Lipinski definition) is 0. The van der Waals surface area contributed by atoms with Crippen molar-refractivity contribution in [2.24, 2.45) is 0 Å². The van der Waals surface area contributed by atoms with Gasteiger partial charge in [0.1, 0.15) is 11.6 Å². The number of ether oxygens (including phenoxy) is 1. The standard InChI is InChI=1S/C15H5F6I2NO2/c1-24-6-2-4(5(16)3-7(6)26-15(22,23)14(24)25)8-9(17)11(19)13(21)12(20)10(8)18/h2-3H,1H3. The molecule has 3 nitrogen and oxygen atoms in total. The number of carbonyl (C=O) groups is 1. The van der Waals surface area contributed by atoms with Crippen molar-refractivity contribution in [2.45, 2.75) is 1.61 Å². The first-order valence-corrected chi connectivity index (χ1v) is 8.83. The zero-order valence-corrected chi connectivity index (χ0v) is 16.8. The molecule has 1 aliphatic rings. The number of rotatable bonds is 1. The van der Waals surface area contributed by atoms with Crippen LogP contribution in [0.15, 0.2) is 12.1 Å². The Morgan fingerprint density at radius 2 is 1.42 bits per heavy atom. The Morgan fingerprint density at radius 3 is 1.96 bits per heavy atom. The molecule has 0 radical (unpaired) electrons. The first-order chi connectivity index (χ1) is 12.0. The van der Waals surface area contributed by atoms with Crippen LogP contribution in [0.5, 0.6) is 5.75 Å². The van der Waals surface area contributed by atoms with Crippen LogP contribution >= 0.6 is 45.2 Å². The van der Waals surface area contributed by atoms with Crippen LogP contribution in [0.1, 0.15) is 0 Å². The molecule has 2 aromatic rings. The van der Waals surface area contributed by atoms with Gasteiger partial charge in [-0.25, -0.2) is 26.3 Å². The zero-order valence-electron chi connectivity index (χ0n) is 12.4. The molecule has 11 heteroatoms. The van der Waals surface area contributed by atoms with Gasteiger partial charge in [0.15, 0.2) is 23.3 Å². The Kier molecular flexibility index (Phi) is 4.82. The second-order valence-electron chi connectivity index (χ2n) is 5.23. The summed E-state index contributed by atoms with van der Waals surface area (Å²) in [6.07, 6.45) is 0. The van der Waals surface area contributed by atoms with E-state index in [0.29, 0.717) is 0 Å². The molecule has 0 bridgehead atoms. The third kappa shape index (κ3) is 2.82. The largest absolute Gasteiger partial charge is 0.456 e. The molecule has 0 saturated carbocycles. The van der Waals surface area contributed by atoms with E-state index >= 15 is 0 Å². The van der Waals surface area contributed by atoms with Crippen LogP contribution < -0.4 is 9.64 Å². The molecular formula is C15H5F6I2NO2. The summed E-state index contributed by atoms with van der Waals surface area (Å²) in [5.74, 6) is -13.1. The van der Waals surface area contributed by atoms with Crippen LogP contribution in [-0.4, -0.2) is 14.6 Å². The average molecular weight is 599 g/mol. The van der Waals surface area contributed by atoms with Crippen molar-refractivity contribution in [1.29, 1.82) is 0 Å². The Balaban J connectivity index is 2.30. The molecule has 138 valence electrons. The Hall–Kier alpha value is -1.25. The summed E-state index contributed by atoms with van der Waals surface area (Å²) in [4.78, 5) is 13.2. The minimum atomic E-state index is -2.35. The molecule has 3 rings (SSSR count). The Bertz CT molecular complexity index is 937. The maximum Gasteiger partial charge on any atom is 0.291 e. The summed E-state index contributed by atoms with van der Waals surface area (Å²) >= 11 is 3.35. The van der Waals surface area contributed by atoms with Crippen molar-refractivity contribution >= 4 is 56.8 Å². The number of hydrogen-bond acceptors (Lipinski definition) is 2. The third-order valence-electron chi connectivity index (χ3n) is 3.68. The minimum absolute atomic E-state index is 0.0840. The van der Waals surface area contributed by atoms with E-state index in [2.05, 4.69) is 0 Å². The molecule has 26 heavy (non-hydrogen) atoms. The monoisotopic (exact) mass is 599 g/mol. The van der Waals surface area contributed by atoms with E-state index < -0.39 is 53.6 Å². The molecule has 0 aromatic heterocycles. The van der Waals surface area contributed by atoms with Crippen molar-refractivity contribution in [1.82, 2.24) is 0 Å². The lowest BCUT2D eigenvalue weighted by atomic mass is 10.0. The molecule has 0 N–H and O–H groups in total. The number of likely N-dealkylation sites (N-methyl/N-ethyl adjacent to an activating group) is 1. The number of anilines is 1. The number of amides is 1. The second kappa shape index (κ2) is 6.42. The minimum Gasteiger partial charge on any atom is -0.456 e. The van der Waals surface area contributed by atoms with Gasteiger partial charge in [0.25, 0.3) is 7.52 Å². The highest BCUT2D eigenvalue weighted by atomic mass is 127.